The van der Waals surface area contributed by atoms with E-state index in [9.17, 15) is 4.79 Å². The quantitative estimate of drug-likeness (QED) is 0.816. The molecule has 0 spiro atoms. The number of carbonyl (C=O) groups excluding carboxylic acids is 1. The highest BCUT2D eigenvalue weighted by atomic mass is 16.5. The lowest BCUT2D eigenvalue weighted by molar-refractivity contribution is -0.123. The van der Waals surface area contributed by atoms with Gasteiger partial charge in [0.2, 0.25) is 5.91 Å². The monoisotopic (exact) mass is 367 g/mol. The Morgan fingerprint density at radius 3 is 2.67 bits per heavy atom. The number of hydrogen-bond donors (Lipinski definition) is 1. The zero-order valence-corrected chi connectivity index (χ0v) is 16.2. The van der Waals surface area contributed by atoms with Crippen LogP contribution < -0.4 is 5.32 Å². The topological polar surface area (TPSA) is 54.5 Å². The predicted octanol–water partition coefficient (Wildman–Crippen LogP) is 3.25. The van der Waals surface area contributed by atoms with Crippen molar-refractivity contribution in [1.82, 2.24) is 15.2 Å². The van der Waals surface area contributed by atoms with E-state index in [0.717, 1.165) is 37.1 Å². The highest BCUT2D eigenvalue weighted by molar-refractivity contribution is 5.78. The zero-order chi connectivity index (χ0) is 19.1. The smallest absolute Gasteiger partial charge is 0.234 e. The normalized spacial score (nSPS) is 16.8. The van der Waals surface area contributed by atoms with Crippen LogP contribution in [0.3, 0.4) is 0 Å². The first-order valence-corrected chi connectivity index (χ1v) is 9.69. The minimum Gasteiger partial charge on any atom is -0.373 e. The molecule has 3 rings (SSSR count). The fourth-order valence-electron chi connectivity index (χ4n) is 3.36. The molecule has 2 heterocycles. The van der Waals surface area contributed by atoms with Gasteiger partial charge in [-0.1, -0.05) is 35.9 Å². The van der Waals surface area contributed by atoms with Crippen LogP contribution in [0.15, 0.2) is 48.8 Å². The Balaban J connectivity index is 1.37. The molecule has 0 saturated carbocycles. The fourth-order valence-corrected chi connectivity index (χ4v) is 3.36. The molecule has 1 aliphatic rings. The van der Waals surface area contributed by atoms with Gasteiger partial charge in [0.15, 0.2) is 0 Å². The maximum atomic E-state index is 12.4. The van der Waals surface area contributed by atoms with Gasteiger partial charge < -0.3 is 10.1 Å². The number of likely N-dealkylation sites (tertiary alicyclic amines) is 1. The van der Waals surface area contributed by atoms with E-state index in [4.69, 9.17) is 4.74 Å². The summed E-state index contributed by atoms with van der Waals surface area (Å²) >= 11 is 0. The van der Waals surface area contributed by atoms with Gasteiger partial charge in [0.25, 0.3) is 0 Å². The van der Waals surface area contributed by atoms with Crippen molar-refractivity contribution in [3.05, 3.63) is 65.5 Å². The summed E-state index contributed by atoms with van der Waals surface area (Å²) in [6, 6.07) is 12.3. The Bertz CT molecular complexity index is 710. The lowest BCUT2D eigenvalue weighted by atomic mass is 10.1. The molecular formula is C22H29N3O2. The van der Waals surface area contributed by atoms with Crippen LogP contribution in [-0.4, -0.2) is 41.5 Å². The molecule has 1 amide bonds. The molecule has 1 N–H and O–H groups in total. The van der Waals surface area contributed by atoms with E-state index in [1.807, 2.05) is 25.3 Å². The summed E-state index contributed by atoms with van der Waals surface area (Å²) in [5, 5.41) is 3.10. The molecule has 144 valence electrons. The van der Waals surface area contributed by atoms with Crippen LogP contribution in [0.1, 0.15) is 42.5 Å². The molecule has 0 bridgehead atoms. The van der Waals surface area contributed by atoms with Crippen molar-refractivity contribution in [2.45, 2.75) is 45.4 Å². The molecule has 1 saturated heterocycles. The lowest BCUT2D eigenvalue weighted by Crippen LogP contribution is -2.43. The van der Waals surface area contributed by atoms with Gasteiger partial charge in [0, 0.05) is 25.5 Å². The van der Waals surface area contributed by atoms with E-state index < -0.39 is 0 Å². The van der Waals surface area contributed by atoms with E-state index in [-0.39, 0.29) is 18.1 Å². The van der Waals surface area contributed by atoms with Crippen molar-refractivity contribution < 1.29 is 9.53 Å². The number of benzene rings is 1. The summed E-state index contributed by atoms with van der Waals surface area (Å²) in [5.41, 5.74) is 3.46. The van der Waals surface area contributed by atoms with E-state index in [1.165, 1.54) is 5.56 Å². The van der Waals surface area contributed by atoms with Crippen molar-refractivity contribution >= 4 is 5.91 Å². The van der Waals surface area contributed by atoms with Gasteiger partial charge >= 0.3 is 0 Å². The highest BCUT2D eigenvalue weighted by Gasteiger charge is 2.22. The number of aryl methyl sites for hydroxylation is 1. The molecular weight excluding hydrogens is 338 g/mol. The zero-order valence-electron chi connectivity index (χ0n) is 16.2. The number of pyridine rings is 1. The average molecular weight is 367 g/mol. The van der Waals surface area contributed by atoms with Crippen molar-refractivity contribution in [2.75, 3.05) is 19.6 Å². The van der Waals surface area contributed by atoms with Crippen molar-refractivity contribution in [1.29, 1.82) is 0 Å². The Labute approximate surface area is 161 Å². The second-order valence-corrected chi connectivity index (χ2v) is 7.35. The summed E-state index contributed by atoms with van der Waals surface area (Å²) in [5.74, 6) is 0.0813. The van der Waals surface area contributed by atoms with Gasteiger partial charge in [-0.2, -0.15) is 0 Å². The van der Waals surface area contributed by atoms with Gasteiger partial charge in [-0.3, -0.25) is 14.7 Å². The molecule has 0 radical (unpaired) electrons. The van der Waals surface area contributed by atoms with Gasteiger partial charge in [-0.05, 0) is 43.9 Å². The van der Waals surface area contributed by atoms with Crippen LogP contribution >= 0.6 is 0 Å². The summed E-state index contributed by atoms with van der Waals surface area (Å²) in [6.07, 6.45) is 5.79. The second-order valence-electron chi connectivity index (χ2n) is 7.35. The molecule has 1 unspecified atom stereocenters. The first-order valence-electron chi connectivity index (χ1n) is 9.69. The van der Waals surface area contributed by atoms with Crippen LogP contribution in [0.5, 0.6) is 0 Å². The first-order chi connectivity index (χ1) is 13.1. The third-order valence-electron chi connectivity index (χ3n) is 5.07. The van der Waals surface area contributed by atoms with E-state index in [1.54, 1.807) is 6.20 Å². The molecule has 5 heteroatoms. The van der Waals surface area contributed by atoms with E-state index >= 15 is 0 Å². The molecule has 1 aromatic heterocycles. The Morgan fingerprint density at radius 2 is 2.00 bits per heavy atom. The highest BCUT2D eigenvalue weighted by Crippen LogP contribution is 2.16. The Kier molecular flexibility index (Phi) is 6.96. The van der Waals surface area contributed by atoms with Gasteiger partial charge in [-0.15, -0.1) is 0 Å². The summed E-state index contributed by atoms with van der Waals surface area (Å²) in [4.78, 5) is 18.7. The fraction of sp³-hybridized carbons (Fsp3) is 0.455. The Hall–Kier alpha value is -2.24. The number of ether oxygens (including phenoxy) is 1. The van der Waals surface area contributed by atoms with Crippen LogP contribution in [0.4, 0.5) is 0 Å². The lowest BCUT2D eigenvalue weighted by Gasteiger charge is -2.31. The largest absolute Gasteiger partial charge is 0.373 e. The van der Waals surface area contributed by atoms with Crippen LogP contribution in [0.2, 0.25) is 0 Å². The number of carbonyl (C=O) groups is 1. The standard InChI is InChI=1S/C22H29N3O2/c1-17-5-7-20(8-6-17)18(2)24-22(26)15-25-12-9-21(10-13-25)27-16-19-4-3-11-23-14-19/h3-8,11,14,18,21H,9-10,12-13,15-16H2,1-2H3,(H,24,26). The van der Waals surface area contributed by atoms with Gasteiger partial charge in [-0.25, -0.2) is 0 Å². The Morgan fingerprint density at radius 1 is 1.26 bits per heavy atom. The molecule has 0 aliphatic carbocycles. The molecule has 1 aromatic carbocycles. The number of rotatable bonds is 7. The minimum absolute atomic E-state index is 0.0263. The molecule has 1 atom stereocenters. The number of nitrogens with zero attached hydrogens (tertiary/aromatic N) is 2. The minimum atomic E-state index is 0.0263. The van der Waals surface area contributed by atoms with Gasteiger partial charge in [0.1, 0.15) is 0 Å². The molecule has 27 heavy (non-hydrogen) atoms. The third-order valence-corrected chi connectivity index (χ3v) is 5.07. The van der Waals surface area contributed by atoms with Gasteiger partial charge in [0.05, 0.1) is 25.3 Å². The average Bonchev–Trinajstić information content (AvgIpc) is 2.68. The predicted molar refractivity (Wildman–Crippen MR) is 106 cm³/mol. The molecule has 1 fully saturated rings. The summed E-state index contributed by atoms with van der Waals surface area (Å²) in [7, 11) is 0. The molecule has 5 nitrogen and oxygen atoms in total. The summed E-state index contributed by atoms with van der Waals surface area (Å²) < 4.78 is 5.99. The number of aromatic nitrogens is 1. The van der Waals surface area contributed by atoms with Crippen LogP contribution in [-0.2, 0) is 16.1 Å². The number of piperidine rings is 1. The van der Waals surface area contributed by atoms with Crippen LogP contribution in [0.25, 0.3) is 0 Å². The number of amides is 1. The SMILES string of the molecule is Cc1ccc(C(C)NC(=O)CN2CCC(OCc3cccnc3)CC2)cc1. The van der Waals surface area contributed by atoms with Crippen molar-refractivity contribution in [3.63, 3.8) is 0 Å². The maximum absolute atomic E-state index is 12.4. The maximum Gasteiger partial charge on any atom is 0.234 e. The summed E-state index contributed by atoms with van der Waals surface area (Å²) in [6.45, 7) is 6.94. The van der Waals surface area contributed by atoms with E-state index in [0.29, 0.717) is 13.2 Å². The van der Waals surface area contributed by atoms with Crippen molar-refractivity contribution in [3.8, 4) is 0 Å². The van der Waals surface area contributed by atoms with Crippen molar-refractivity contribution in [2.24, 2.45) is 0 Å². The first kappa shape index (κ1) is 19.5. The second kappa shape index (κ2) is 9.62. The number of hydrogen-bond acceptors (Lipinski definition) is 4. The third kappa shape index (κ3) is 6.15. The molecule has 2 aromatic rings. The molecule has 1 aliphatic heterocycles. The van der Waals surface area contributed by atoms with Crippen LogP contribution in [0, 0.1) is 6.92 Å². The van der Waals surface area contributed by atoms with E-state index in [2.05, 4.69) is 46.4 Å². The number of nitrogens with one attached hydrogen (secondary N) is 1.